The van der Waals surface area contributed by atoms with Gasteiger partial charge in [0.2, 0.25) is 0 Å². The fraction of sp³-hybridized carbons (Fsp3) is 0.250. The minimum absolute atomic E-state index is 0.344. The van der Waals surface area contributed by atoms with Gasteiger partial charge in [0.1, 0.15) is 12.4 Å². The first-order valence-electron chi connectivity index (χ1n) is 5.23. The summed E-state index contributed by atoms with van der Waals surface area (Å²) in [6.07, 6.45) is 0. The minimum atomic E-state index is 0.344. The zero-order chi connectivity index (χ0) is 12.3. The van der Waals surface area contributed by atoms with E-state index in [1.165, 1.54) is 0 Å². The van der Waals surface area contributed by atoms with Gasteiger partial charge in [0.05, 0.1) is 10.2 Å². The highest BCUT2D eigenvalue weighted by atomic mass is 79.9. The zero-order valence-corrected chi connectivity index (χ0v) is 11.0. The van der Waals surface area contributed by atoms with Crippen molar-refractivity contribution in [1.82, 2.24) is 5.16 Å². The molecule has 0 fully saturated rings. The Labute approximate surface area is 108 Å². The quantitative estimate of drug-likeness (QED) is 0.942. The summed E-state index contributed by atoms with van der Waals surface area (Å²) >= 11 is 3.44. The molecule has 2 aromatic rings. The summed E-state index contributed by atoms with van der Waals surface area (Å²) in [4.78, 5) is 0. The summed E-state index contributed by atoms with van der Waals surface area (Å²) in [6.45, 7) is 2.65. The lowest BCUT2D eigenvalue weighted by molar-refractivity contribution is 0.245. The molecule has 2 rings (SSSR count). The number of hydrogen-bond acceptors (Lipinski definition) is 4. The molecule has 0 aliphatic heterocycles. The maximum atomic E-state index is 5.70. The smallest absolute Gasteiger partial charge is 0.174 e. The Morgan fingerprint density at radius 3 is 2.94 bits per heavy atom. The van der Waals surface area contributed by atoms with Crippen LogP contribution in [0, 0.1) is 6.92 Å². The van der Waals surface area contributed by atoms with Crippen molar-refractivity contribution in [3.63, 3.8) is 0 Å². The van der Waals surface area contributed by atoms with Gasteiger partial charge in [0, 0.05) is 18.2 Å². The maximum absolute atomic E-state index is 5.70. The molecule has 0 atom stereocenters. The van der Waals surface area contributed by atoms with Gasteiger partial charge in [0.25, 0.3) is 0 Å². The lowest BCUT2D eigenvalue weighted by Crippen LogP contribution is -2.02. The molecule has 0 spiro atoms. The van der Waals surface area contributed by atoms with E-state index in [1.807, 2.05) is 31.2 Å². The Balaban J connectivity index is 2.13. The third kappa shape index (κ3) is 2.87. The van der Waals surface area contributed by atoms with Crippen molar-refractivity contribution in [2.24, 2.45) is 5.73 Å². The molecule has 90 valence electrons. The van der Waals surface area contributed by atoms with Crippen molar-refractivity contribution in [1.29, 1.82) is 0 Å². The van der Waals surface area contributed by atoms with Crippen molar-refractivity contribution >= 4 is 15.9 Å². The molecule has 1 heterocycles. The molecule has 2 N–H and O–H groups in total. The van der Waals surface area contributed by atoms with Gasteiger partial charge in [-0.2, -0.15) is 0 Å². The first-order chi connectivity index (χ1) is 8.20. The lowest BCUT2D eigenvalue weighted by Gasteiger charge is -2.10. The van der Waals surface area contributed by atoms with Gasteiger partial charge in [-0.3, -0.25) is 0 Å². The van der Waals surface area contributed by atoms with Crippen LogP contribution < -0.4 is 10.5 Å². The van der Waals surface area contributed by atoms with Crippen molar-refractivity contribution in [2.75, 3.05) is 0 Å². The monoisotopic (exact) mass is 296 g/mol. The molecule has 0 aliphatic carbocycles. The molecule has 1 aromatic heterocycles. The molecule has 1 aromatic carbocycles. The first-order valence-corrected chi connectivity index (χ1v) is 6.02. The van der Waals surface area contributed by atoms with Gasteiger partial charge in [-0.05, 0) is 28.9 Å². The molecule has 0 bridgehead atoms. The Morgan fingerprint density at radius 1 is 1.47 bits per heavy atom. The van der Waals surface area contributed by atoms with Gasteiger partial charge < -0.3 is 15.0 Å². The van der Waals surface area contributed by atoms with E-state index in [-0.39, 0.29) is 0 Å². The second-order valence-electron chi connectivity index (χ2n) is 3.66. The Bertz CT molecular complexity index is 511. The molecule has 0 saturated heterocycles. The van der Waals surface area contributed by atoms with Crippen LogP contribution in [0.4, 0.5) is 0 Å². The van der Waals surface area contributed by atoms with E-state index >= 15 is 0 Å². The summed E-state index contributed by atoms with van der Waals surface area (Å²) < 4.78 is 11.7. The lowest BCUT2D eigenvalue weighted by atomic mass is 10.2. The van der Waals surface area contributed by atoms with Crippen LogP contribution in [0.2, 0.25) is 0 Å². The Kier molecular flexibility index (Phi) is 3.81. The predicted octanol–water partition coefficient (Wildman–Crippen LogP) is 2.78. The van der Waals surface area contributed by atoms with Crippen LogP contribution in [0.15, 0.2) is 33.3 Å². The van der Waals surface area contributed by atoms with Crippen LogP contribution in [-0.2, 0) is 13.2 Å². The van der Waals surface area contributed by atoms with Gasteiger partial charge in [-0.25, -0.2) is 0 Å². The highest BCUT2D eigenvalue weighted by Gasteiger charge is 2.08. The molecular weight excluding hydrogens is 284 g/mol. The minimum Gasteiger partial charge on any atom is -0.484 e. The third-order valence-corrected chi connectivity index (χ3v) is 2.93. The summed E-state index contributed by atoms with van der Waals surface area (Å²) in [5.41, 5.74) is 7.45. The number of rotatable bonds is 4. The van der Waals surface area contributed by atoms with Gasteiger partial charge in [0.15, 0.2) is 5.76 Å². The molecule has 4 nitrogen and oxygen atoms in total. The summed E-state index contributed by atoms with van der Waals surface area (Å²) in [6, 6.07) is 7.63. The van der Waals surface area contributed by atoms with Crippen LogP contribution >= 0.6 is 15.9 Å². The number of aromatic nitrogens is 1. The number of aryl methyl sites for hydroxylation is 1. The number of benzene rings is 1. The standard InChI is InChI=1S/C12H13BrN2O2/c1-8-5-10(17-15-8)7-16-12-9(6-14)3-2-4-11(12)13/h2-5H,6-7,14H2,1H3. The Morgan fingerprint density at radius 2 is 2.29 bits per heavy atom. The van der Waals surface area contributed by atoms with Gasteiger partial charge in [-0.1, -0.05) is 17.3 Å². The molecular formula is C12H13BrN2O2. The Hall–Kier alpha value is -1.33. The van der Waals surface area contributed by atoms with Crippen LogP contribution in [-0.4, -0.2) is 5.16 Å². The zero-order valence-electron chi connectivity index (χ0n) is 9.44. The van der Waals surface area contributed by atoms with E-state index in [4.69, 9.17) is 15.0 Å². The molecule has 0 saturated carbocycles. The highest BCUT2D eigenvalue weighted by Crippen LogP contribution is 2.29. The van der Waals surface area contributed by atoms with E-state index in [9.17, 15) is 0 Å². The average molecular weight is 297 g/mol. The number of nitrogens with zero attached hydrogens (tertiary/aromatic N) is 1. The van der Waals surface area contributed by atoms with Crippen molar-refractivity contribution < 1.29 is 9.26 Å². The fourth-order valence-electron chi connectivity index (χ4n) is 1.50. The van der Waals surface area contributed by atoms with E-state index in [2.05, 4.69) is 21.1 Å². The SMILES string of the molecule is Cc1cc(COc2c(Br)cccc2CN)on1. The van der Waals surface area contributed by atoms with E-state index in [0.29, 0.717) is 18.9 Å². The fourth-order valence-corrected chi connectivity index (χ4v) is 2.03. The van der Waals surface area contributed by atoms with Crippen LogP contribution in [0.25, 0.3) is 0 Å². The third-order valence-electron chi connectivity index (χ3n) is 2.30. The maximum Gasteiger partial charge on any atom is 0.174 e. The highest BCUT2D eigenvalue weighted by molar-refractivity contribution is 9.10. The van der Waals surface area contributed by atoms with Crippen molar-refractivity contribution in [2.45, 2.75) is 20.1 Å². The van der Waals surface area contributed by atoms with Crippen LogP contribution in [0.1, 0.15) is 17.0 Å². The summed E-state index contributed by atoms with van der Waals surface area (Å²) in [5.74, 6) is 1.45. The predicted molar refractivity (Wildman–Crippen MR) is 67.6 cm³/mol. The van der Waals surface area contributed by atoms with Crippen LogP contribution in [0.5, 0.6) is 5.75 Å². The van der Waals surface area contributed by atoms with E-state index < -0.39 is 0 Å². The number of hydrogen-bond donors (Lipinski definition) is 1. The number of ether oxygens (including phenoxy) is 1. The molecule has 5 heteroatoms. The first kappa shape index (κ1) is 12.1. The summed E-state index contributed by atoms with van der Waals surface area (Å²) in [5, 5.41) is 3.80. The molecule has 0 radical (unpaired) electrons. The summed E-state index contributed by atoms with van der Waals surface area (Å²) in [7, 11) is 0. The average Bonchev–Trinajstić information content (AvgIpc) is 2.73. The topological polar surface area (TPSA) is 61.3 Å². The van der Waals surface area contributed by atoms with E-state index in [1.54, 1.807) is 0 Å². The molecule has 17 heavy (non-hydrogen) atoms. The van der Waals surface area contributed by atoms with Gasteiger partial charge in [-0.15, -0.1) is 0 Å². The molecule has 0 unspecified atom stereocenters. The van der Waals surface area contributed by atoms with Crippen molar-refractivity contribution in [3.05, 3.63) is 45.8 Å². The second kappa shape index (κ2) is 5.33. The molecule has 0 aliphatic rings. The largest absolute Gasteiger partial charge is 0.484 e. The number of para-hydroxylation sites is 1. The van der Waals surface area contributed by atoms with Gasteiger partial charge >= 0.3 is 0 Å². The second-order valence-corrected chi connectivity index (χ2v) is 4.51. The molecule has 0 amide bonds. The van der Waals surface area contributed by atoms with Crippen LogP contribution in [0.3, 0.4) is 0 Å². The number of nitrogens with two attached hydrogens (primary N) is 1. The normalized spacial score (nSPS) is 10.5. The van der Waals surface area contributed by atoms with Crippen molar-refractivity contribution in [3.8, 4) is 5.75 Å². The number of halogens is 1. The van der Waals surface area contributed by atoms with E-state index in [0.717, 1.165) is 21.5 Å².